The molecule has 0 fully saturated rings. The molecule has 0 bridgehead atoms. The molecule has 160 valence electrons. The lowest BCUT2D eigenvalue weighted by atomic mass is 9.82. The molecule has 1 aromatic rings. The number of carbonyl (C=O) groups excluding carboxylic acids is 3. The average molecular weight is 405 g/mol. The summed E-state index contributed by atoms with van der Waals surface area (Å²) in [7, 11) is 0. The van der Waals surface area contributed by atoms with E-state index in [2.05, 4.69) is 11.9 Å². The van der Waals surface area contributed by atoms with Crippen LogP contribution < -0.4 is 10.8 Å². The van der Waals surface area contributed by atoms with Gasteiger partial charge in [0.05, 0.1) is 17.9 Å². The lowest BCUT2D eigenvalue weighted by molar-refractivity contribution is -0.152. The van der Waals surface area contributed by atoms with Gasteiger partial charge in [0.1, 0.15) is 0 Å². The van der Waals surface area contributed by atoms with Gasteiger partial charge >= 0.3 is 5.97 Å². The standard InChI is InChI=1S/C22H32N2O5/c1-6-10-17(21(26)24-28)18(13-14(2)3)20(25)23-19(22(27)29-15(4)5)16-11-8-7-9-12-16/h6-9,11-12,14-15,17-19,28H,1,10,13H2,2-5H3,(H,23,25)(H,24,26)/t17-,18+,19?/m0/s1. The Balaban J connectivity index is 3.21. The van der Waals surface area contributed by atoms with E-state index >= 15 is 0 Å². The number of amides is 2. The zero-order valence-electron chi connectivity index (χ0n) is 17.6. The number of nitrogens with one attached hydrogen (secondary N) is 2. The van der Waals surface area contributed by atoms with Crippen LogP contribution in [0.2, 0.25) is 0 Å². The molecule has 0 aliphatic rings. The van der Waals surface area contributed by atoms with Crippen molar-refractivity contribution in [2.45, 2.75) is 52.7 Å². The molecular formula is C22H32N2O5. The van der Waals surface area contributed by atoms with E-state index in [4.69, 9.17) is 9.94 Å². The van der Waals surface area contributed by atoms with Gasteiger partial charge in [0.25, 0.3) is 0 Å². The van der Waals surface area contributed by atoms with E-state index in [0.29, 0.717) is 12.0 Å². The molecule has 1 rings (SSSR count). The zero-order valence-corrected chi connectivity index (χ0v) is 17.6. The first-order valence-electron chi connectivity index (χ1n) is 9.81. The van der Waals surface area contributed by atoms with Crippen molar-refractivity contribution in [2.24, 2.45) is 17.8 Å². The molecule has 0 heterocycles. The Hall–Kier alpha value is -2.67. The highest BCUT2D eigenvalue weighted by atomic mass is 16.5. The maximum atomic E-state index is 13.2. The van der Waals surface area contributed by atoms with Crippen molar-refractivity contribution >= 4 is 17.8 Å². The quantitative estimate of drug-likeness (QED) is 0.227. The molecule has 0 radical (unpaired) electrons. The number of rotatable bonds is 11. The number of esters is 1. The Labute approximate surface area is 172 Å². The van der Waals surface area contributed by atoms with Crippen LogP contribution in [0, 0.1) is 17.8 Å². The third-order valence-electron chi connectivity index (χ3n) is 4.42. The van der Waals surface area contributed by atoms with Gasteiger partial charge < -0.3 is 10.1 Å². The minimum Gasteiger partial charge on any atom is -0.461 e. The summed E-state index contributed by atoms with van der Waals surface area (Å²) in [5.41, 5.74) is 2.22. The summed E-state index contributed by atoms with van der Waals surface area (Å²) in [5, 5.41) is 11.9. The molecule has 0 aliphatic carbocycles. The summed E-state index contributed by atoms with van der Waals surface area (Å²) in [6, 6.07) is 7.80. The van der Waals surface area contributed by atoms with Crippen molar-refractivity contribution < 1.29 is 24.3 Å². The Bertz CT molecular complexity index is 688. The normalized spacial score (nSPS) is 14.0. The fraction of sp³-hybridized carbons (Fsp3) is 0.500. The van der Waals surface area contributed by atoms with Gasteiger partial charge in [-0.05, 0) is 38.2 Å². The Morgan fingerprint density at radius 3 is 2.17 bits per heavy atom. The maximum absolute atomic E-state index is 13.2. The topological polar surface area (TPSA) is 105 Å². The Morgan fingerprint density at radius 2 is 1.69 bits per heavy atom. The molecule has 0 saturated heterocycles. The van der Waals surface area contributed by atoms with Crippen LogP contribution in [0.15, 0.2) is 43.0 Å². The van der Waals surface area contributed by atoms with Crippen LogP contribution in [-0.4, -0.2) is 29.1 Å². The highest BCUT2D eigenvalue weighted by Gasteiger charge is 2.36. The number of hydrogen-bond acceptors (Lipinski definition) is 5. The minimum absolute atomic E-state index is 0.113. The van der Waals surface area contributed by atoms with Crippen LogP contribution in [0.25, 0.3) is 0 Å². The number of ether oxygens (including phenoxy) is 1. The molecule has 0 saturated carbocycles. The van der Waals surface area contributed by atoms with Gasteiger partial charge in [-0.15, -0.1) is 6.58 Å². The van der Waals surface area contributed by atoms with Crippen LogP contribution in [0.5, 0.6) is 0 Å². The zero-order chi connectivity index (χ0) is 22.0. The number of hydrogen-bond donors (Lipinski definition) is 3. The van der Waals surface area contributed by atoms with E-state index in [1.54, 1.807) is 43.6 Å². The predicted octanol–water partition coefficient (Wildman–Crippen LogP) is 3.16. The summed E-state index contributed by atoms with van der Waals surface area (Å²) in [4.78, 5) is 38.0. The summed E-state index contributed by atoms with van der Waals surface area (Å²) in [5.74, 6) is -3.14. The first-order chi connectivity index (χ1) is 13.7. The van der Waals surface area contributed by atoms with Gasteiger partial charge in [-0.25, -0.2) is 10.3 Å². The van der Waals surface area contributed by atoms with Gasteiger partial charge in [-0.3, -0.25) is 14.8 Å². The van der Waals surface area contributed by atoms with Crippen LogP contribution in [-0.2, 0) is 19.1 Å². The molecule has 2 amide bonds. The molecule has 1 unspecified atom stereocenters. The second-order valence-corrected chi connectivity index (χ2v) is 7.68. The van der Waals surface area contributed by atoms with E-state index in [1.165, 1.54) is 6.08 Å². The smallest absolute Gasteiger partial charge is 0.333 e. The van der Waals surface area contributed by atoms with E-state index in [9.17, 15) is 14.4 Å². The van der Waals surface area contributed by atoms with Crippen molar-refractivity contribution in [2.75, 3.05) is 0 Å². The van der Waals surface area contributed by atoms with Gasteiger partial charge in [0.15, 0.2) is 6.04 Å². The SMILES string of the molecule is C=CC[C@H](C(=O)NO)[C@@H](CC(C)C)C(=O)NC(C(=O)OC(C)C)c1ccccc1. The molecule has 3 N–H and O–H groups in total. The lowest BCUT2D eigenvalue weighted by Crippen LogP contribution is -2.45. The van der Waals surface area contributed by atoms with Crippen molar-refractivity contribution in [1.82, 2.24) is 10.8 Å². The average Bonchev–Trinajstić information content (AvgIpc) is 2.67. The fourth-order valence-electron chi connectivity index (χ4n) is 3.15. The third kappa shape index (κ3) is 7.69. The molecule has 7 heteroatoms. The molecule has 0 aliphatic heterocycles. The number of allylic oxidation sites excluding steroid dienone is 1. The highest BCUT2D eigenvalue weighted by molar-refractivity contribution is 5.90. The van der Waals surface area contributed by atoms with E-state index < -0.39 is 35.7 Å². The maximum Gasteiger partial charge on any atom is 0.333 e. The van der Waals surface area contributed by atoms with Crippen LogP contribution >= 0.6 is 0 Å². The lowest BCUT2D eigenvalue weighted by Gasteiger charge is -2.28. The van der Waals surface area contributed by atoms with E-state index in [1.807, 2.05) is 19.9 Å². The largest absolute Gasteiger partial charge is 0.461 e. The summed E-state index contributed by atoms with van der Waals surface area (Å²) in [6.45, 7) is 11.0. The number of carbonyl (C=O) groups is 3. The monoisotopic (exact) mass is 404 g/mol. The fourth-order valence-corrected chi connectivity index (χ4v) is 3.15. The summed E-state index contributed by atoms with van der Waals surface area (Å²) >= 11 is 0. The molecule has 0 aromatic heterocycles. The molecule has 7 nitrogen and oxygen atoms in total. The van der Waals surface area contributed by atoms with Crippen LogP contribution in [0.4, 0.5) is 0 Å². The Morgan fingerprint density at radius 1 is 1.07 bits per heavy atom. The van der Waals surface area contributed by atoms with Gasteiger partial charge in [-0.2, -0.15) is 0 Å². The molecule has 1 aromatic carbocycles. The number of hydroxylamine groups is 1. The van der Waals surface area contributed by atoms with Gasteiger partial charge in [0, 0.05) is 0 Å². The van der Waals surface area contributed by atoms with E-state index in [-0.39, 0.29) is 18.4 Å². The first kappa shape index (κ1) is 24.4. The van der Waals surface area contributed by atoms with Crippen molar-refractivity contribution in [3.8, 4) is 0 Å². The van der Waals surface area contributed by atoms with Crippen molar-refractivity contribution in [3.05, 3.63) is 48.6 Å². The predicted molar refractivity (Wildman–Crippen MR) is 110 cm³/mol. The van der Waals surface area contributed by atoms with Crippen LogP contribution in [0.1, 0.15) is 52.1 Å². The van der Waals surface area contributed by atoms with Crippen molar-refractivity contribution in [3.63, 3.8) is 0 Å². The molecule has 3 atom stereocenters. The second-order valence-electron chi connectivity index (χ2n) is 7.68. The molecule has 29 heavy (non-hydrogen) atoms. The van der Waals surface area contributed by atoms with Gasteiger partial charge in [-0.1, -0.05) is 50.3 Å². The number of benzene rings is 1. The van der Waals surface area contributed by atoms with Crippen LogP contribution in [0.3, 0.4) is 0 Å². The second kappa shape index (κ2) is 12.0. The van der Waals surface area contributed by atoms with Crippen molar-refractivity contribution in [1.29, 1.82) is 0 Å². The summed E-state index contributed by atoms with van der Waals surface area (Å²) < 4.78 is 5.32. The van der Waals surface area contributed by atoms with E-state index in [0.717, 1.165) is 0 Å². The summed E-state index contributed by atoms with van der Waals surface area (Å²) in [6.07, 6.45) is 1.80. The van der Waals surface area contributed by atoms with Gasteiger partial charge in [0.2, 0.25) is 11.8 Å². The molecular weight excluding hydrogens is 372 g/mol. The first-order valence-corrected chi connectivity index (χ1v) is 9.81. The highest BCUT2D eigenvalue weighted by Crippen LogP contribution is 2.26. The minimum atomic E-state index is -0.998. The third-order valence-corrected chi connectivity index (χ3v) is 4.42. The Kier molecular flexibility index (Phi) is 10.1. The molecule has 0 spiro atoms.